The van der Waals surface area contributed by atoms with Crippen LogP contribution in [0.1, 0.15) is 53.5 Å². The molecule has 1 saturated heterocycles. The lowest BCUT2D eigenvalue weighted by Gasteiger charge is -2.16. The first-order valence-electron chi connectivity index (χ1n) is 11.7. The number of amides is 3. The lowest BCUT2D eigenvalue weighted by molar-refractivity contribution is -0.121. The molecule has 2 aliphatic heterocycles. The lowest BCUT2D eigenvalue weighted by Crippen LogP contribution is -2.25. The van der Waals surface area contributed by atoms with Crippen molar-refractivity contribution in [2.24, 2.45) is 10.9 Å². The average molecular weight is 498 g/mol. The molecule has 1 aromatic heterocycles. The number of amidine groups is 1. The molecule has 2 unspecified atom stereocenters. The normalized spacial score (nSPS) is 21.9. The zero-order valence-electron chi connectivity index (χ0n) is 19.0. The van der Waals surface area contributed by atoms with Crippen molar-refractivity contribution >= 4 is 56.8 Å². The summed E-state index contributed by atoms with van der Waals surface area (Å²) in [6, 6.07) is 6.73. The minimum atomic E-state index is -0.479. The van der Waals surface area contributed by atoms with Crippen molar-refractivity contribution in [3.05, 3.63) is 40.4 Å². The summed E-state index contributed by atoms with van der Waals surface area (Å²) >= 11 is 2.93. The Morgan fingerprint density at radius 2 is 1.91 bits per heavy atom. The van der Waals surface area contributed by atoms with E-state index in [2.05, 4.69) is 32.4 Å². The molecular formula is C24H27N5O3S2. The molecule has 10 heteroatoms. The van der Waals surface area contributed by atoms with Gasteiger partial charge in [-0.05, 0) is 62.3 Å². The van der Waals surface area contributed by atoms with Gasteiger partial charge in [0, 0.05) is 35.6 Å². The summed E-state index contributed by atoms with van der Waals surface area (Å²) in [5.41, 5.74) is 2.18. The highest BCUT2D eigenvalue weighted by molar-refractivity contribution is 8.15. The van der Waals surface area contributed by atoms with Crippen molar-refractivity contribution < 1.29 is 14.4 Å². The summed E-state index contributed by atoms with van der Waals surface area (Å²) in [6.07, 6.45) is 5.41. The molecule has 2 N–H and O–H groups in total. The number of aryl methyl sites for hydroxylation is 1. The molecule has 1 fully saturated rings. The van der Waals surface area contributed by atoms with Gasteiger partial charge in [-0.3, -0.25) is 19.7 Å². The Balaban J connectivity index is 1.13. The van der Waals surface area contributed by atoms with Gasteiger partial charge in [0.05, 0.1) is 5.69 Å². The summed E-state index contributed by atoms with van der Waals surface area (Å²) in [4.78, 5) is 49.5. The SMILES string of the molecule is CC1CCc2nc(NC(=O)c3ccc(NC(=O)CC4SC(N5CCCC5)=NC4=O)cc3)sc2C1. The summed E-state index contributed by atoms with van der Waals surface area (Å²) in [6.45, 7) is 4.08. The smallest absolute Gasteiger partial charge is 0.262 e. The number of aromatic nitrogens is 1. The van der Waals surface area contributed by atoms with Gasteiger partial charge < -0.3 is 10.2 Å². The number of rotatable bonds is 5. The maximum absolute atomic E-state index is 12.6. The number of fused-ring (bicyclic) bond motifs is 1. The van der Waals surface area contributed by atoms with Crippen LogP contribution in [0.5, 0.6) is 0 Å². The Morgan fingerprint density at radius 1 is 1.15 bits per heavy atom. The minimum absolute atomic E-state index is 0.0694. The highest BCUT2D eigenvalue weighted by atomic mass is 32.2. The molecule has 0 saturated carbocycles. The Bertz CT molecular complexity index is 1140. The van der Waals surface area contributed by atoms with Crippen LogP contribution in [0.3, 0.4) is 0 Å². The van der Waals surface area contributed by atoms with Crippen LogP contribution in [-0.2, 0) is 22.4 Å². The van der Waals surface area contributed by atoms with E-state index in [-0.39, 0.29) is 24.1 Å². The third-order valence-corrected chi connectivity index (χ3v) is 8.56. The summed E-state index contributed by atoms with van der Waals surface area (Å²) in [5, 5.41) is 6.61. The van der Waals surface area contributed by atoms with Gasteiger partial charge >= 0.3 is 0 Å². The number of nitrogens with zero attached hydrogens (tertiary/aromatic N) is 3. The fraction of sp³-hybridized carbons (Fsp3) is 0.458. The van der Waals surface area contributed by atoms with E-state index in [1.165, 1.54) is 16.6 Å². The Hall–Kier alpha value is -2.72. The Morgan fingerprint density at radius 3 is 2.68 bits per heavy atom. The first-order valence-corrected chi connectivity index (χ1v) is 13.4. The van der Waals surface area contributed by atoms with Gasteiger partial charge in [0.15, 0.2) is 10.3 Å². The molecule has 1 aliphatic carbocycles. The zero-order chi connectivity index (χ0) is 23.7. The standard InChI is InChI=1S/C24H27N5O3S2/c1-14-4-9-17-18(12-14)33-23(26-17)27-21(31)15-5-7-16(8-6-15)25-20(30)13-19-22(32)28-24(34-19)29-10-2-3-11-29/h5-8,14,19H,2-4,9-13H2,1H3,(H,25,30)(H,26,27,31). The van der Waals surface area contributed by atoms with Gasteiger partial charge in [0.25, 0.3) is 11.8 Å². The molecule has 8 nitrogen and oxygen atoms in total. The zero-order valence-corrected chi connectivity index (χ0v) is 20.6. The molecule has 1 aromatic carbocycles. The largest absolute Gasteiger partial charge is 0.351 e. The highest BCUT2D eigenvalue weighted by Crippen LogP contribution is 2.32. The number of aliphatic imine (C=N–C) groups is 1. The van der Waals surface area contributed by atoms with Crippen LogP contribution in [0.2, 0.25) is 0 Å². The van der Waals surface area contributed by atoms with E-state index in [1.54, 1.807) is 35.6 Å². The van der Waals surface area contributed by atoms with Crippen molar-refractivity contribution in [1.82, 2.24) is 9.88 Å². The second-order valence-electron chi connectivity index (χ2n) is 9.05. The number of nitrogens with one attached hydrogen (secondary N) is 2. The molecule has 5 rings (SSSR count). The number of thiazole rings is 1. The van der Waals surface area contributed by atoms with E-state index in [1.807, 2.05) is 0 Å². The summed E-state index contributed by atoms with van der Waals surface area (Å²) < 4.78 is 0. The number of carbonyl (C=O) groups excluding carboxylic acids is 3. The molecule has 2 aromatic rings. The topological polar surface area (TPSA) is 104 Å². The maximum atomic E-state index is 12.6. The third-order valence-electron chi connectivity index (χ3n) is 6.31. The number of thioether (sulfide) groups is 1. The predicted octanol–water partition coefficient (Wildman–Crippen LogP) is 3.94. The molecule has 2 atom stereocenters. The third kappa shape index (κ3) is 5.17. The van der Waals surface area contributed by atoms with Crippen LogP contribution in [0.25, 0.3) is 0 Å². The highest BCUT2D eigenvalue weighted by Gasteiger charge is 2.33. The minimum Gasteiger partial charge on any atom is -0.351 e. The first-order chi connectivity index (χ1) is 16.4. The maximum Gasteiger partial charge on any atom is 0.262 e. The van der Waals surface area contributed by atoms with E-state index < -0.39 is 5.25 Å². The van der Waals surface area contributed by atoms with Crippen molar-refractivity contribution in [2.75, 3.05) is 23.7 Å². The number of hydrogen-bond donors (Lipinski definition) is 2. The average Bonchev–Trinajstić information content (AvgIpc) is 3.54. The number of anilines is 2. The molecule has 3 amide bonds. The molecule has 0 radical (unpaired) electrons. The number of carbonyl (C=O) groups is 3. The van der Waals surface area contributed by atoms with Gasteiger partial charge in [-0.2, -0.15) is 4.99 Å². The van der Waals surface area contributed by atoms with Crippen LogP contribution in [0.4, 0.5) is 10.8 Å². The second kappa shape index (κ2) is 9.87. The number of hydrogen-bond acceptors (Lipinski definition) is 7. The fourth-order valence-electron chi connectivity index (χ4n) is 4.40. The molecule has 34 heavy (non-hydrogen) atoms. The summed E-state index contributed by atoms with van der Waals surface area (Å²) in [5.74, 6) is -0.0585. The van der Waals surface area contributed by atoms with Crippen molar-refractivity contribution in [3.8, 4) is 0 Å². The Kier molecular flexibility index (Phi) is 6.69. The van der Waals surface area contributed by atoms with Crippen LogP contribution in [-0.4, -0.2) is 51.1 Å². The van der Waals surface area contributed by atoms with Crippen molar-refractivity contribution in [1.29, 1.82) is 0 Å². The van der Waals surface area contributed by atoms with E-state index >= 15 is 0 Å². The van der Waals surface area contributed by atoms with Crippen LogP contribution < -0.4 is 10.6 Å². The second-order valence-corrected chi connectivity index (χ2v) is 11.3. The monoisotopic (exact) mass is 497 g/mol. The molecule has 0 spiro atoms. The van der Waals surface area contributed by atoms with Gasteiger partial charge in [-0.15, -0.1) is 11.3 Å². The van der Waals surface area contributed by atoms with E-state index in [0.717, 1.165) is 56.1 Å². The van der Waals surface area contributed by atoms with Crippen molar-refractivity contribution in [3.63, 3.8) is 0 Å². The number of likely N-dealkylation sites (tertiary alicyclic amines) is 1. The molecule has 3 heterocycles. The van der Waals surface area contributed by atoms with Crippen LogP contribution in [0.15, 0.2) is 29.3 Å². The molecular weight excluding hydrogens is 470 g/mol. The van der Waals surface area contributed by atoms with E-state index in [9.17, 15) is 14.4 Å². The summed E-state index contributed by atoms with van der Waals surface area (Å²) in [7, 11) is 0. The predicted molar refractivity (Wildman–Crippen MR) is 136 cm³/mol. The quantitative estimate of drug-likeness (QED) is 0.649. The van der Waals surface area contributed by atoms with Gasteiger partial charge in [-0.25, -0.2) is 4.98 Å². The van der Waals surface area contributed by atoms with Crippen molar-refractivity contribution in [2.45, 2.75) is 50.7 Å². The van der Waals surface area contributed by atoms with Crippen LogP contribution >= 0.6 is 23.1 Å². The fourth-order valence-corrected chi connectivity index (χ4v) is 6.68. The lowest BCUT2D eigenvalue weighted by atomic mass is 9.93. The van der Waals surface area contributed by atoms with E-state index in [4.69, 9.17) is 0 Å². The van der Waals surface area contributed by atoms with Gasteiger partial charge in [-0.1, -0.05) is 18.7 Å². The first kappa shape index (κ1) is 23.0. The van der Waals surface area contributed by atoms with E-state index in [0.29, 0.717) is 22.3 Å². The molecule has 178 valence electrons. The molecule has 3 aliphatic rings. The van der Waals surface area contributed by atoms with Crippen LogP contribution in [0, 0.1) is 5.92 Å². The number of benzene rings is 1. The Labute approximate surface area is 206 Å². The van der Waals surface area contributed by atoms with Gasteiger partial charge in [0.1, 0.15) is 5.25 Å². The molecule has 0 bridgehead atoms. The van der Waals surface area contributed by atoms with Gasteiger partial charge in [0.2, 0.25) is 5.91 Å².